The summed E-state index contributed by atoms with van der Waals surface area (Å²) in [7, 11) is 0. The first kappa shape index (κ1) is 18.9. The molecule has 0 fully saturated rings. The monoisotopic (exact) mass is 384 g/mol. The lowest BCUT2D eigenvalue weighted by Gasteiger charge is -2.35. The van der Waals surface area contributed by atoms with Crippen LogP contribution in [0.4, 0.5) is 6.01 Å². The highest BCUT2D eigenvalue weighted by Gasteiger charge is 2.32. The maximum absolute atomic E-state index is 5.54. The number of aromatic nitrogens is 3. The topological polar surface area (TPSA) is 77.8 Å². The van der Waals surface area contributed by atoms with Gasteiger partial charge in [0.25, 0.3) is 0 Å². The van der Waals surface area contributed by atoms with Gasteiger partial charge >= 0.3 is 6.01 Å². The number of nitrogens with two attached hydrogens (primary N) is 1. The SMILES string of the molecule is CC(C)C(C)(c1ccc(-c2cccnc2)cc1)c1ccc(-c2nnc(N)o2)cc1. The fourth-order valence-corrected chi connectivity index (χ4v) is 3.69. The van der Waals surface area contributed by atoms with Crippen LogP contribution in [0.3, 0.4) is 0 Å². The minimum atomic E-state index is -0.139. The van der Waals surface area contributed by atoms with Crippen LogP contribution < -0.4 is 5.73 Å². The van der Waals surface area contributed by atoms with Gasteiger partial charge in [0.1, 0.15) is 0 Å². The van der Waals surface area contributed by atoms with Crippen molar-refractivity contribution in [2.45, 2.75) is 26.2 Å². The van der Waals surface area contributed by atoms with Gasteiger partial charge in [0.2, 0.25) is 5.89 Å². The minimum Gasteiger partial charge on any atom is -0.404 e. The van der Waals surface area contributed by atoms with E-state index in [1.54, 1.807) is 6.20 Å². The predicted molar refractivity (Wildman–Crippen MR) is 115 cm³/mol. The molecule has 0 bridgehead atoms. The molecule has 0 aliphatic heterocycles. The fraction of sp³-hybridized carbons (Fsp3) is 0.208. The maximum atomic E-state index is 5.54. The van der Waals surface area contributed by atoms with Gasteiger partial charge in [-0.25, -0.2) is 0 Å². The number of rotatable bonds is 5. The first-order chi connectivity index (χ1) is 14.0. The molecule has 4 rings (SSSR count). The predicted octanol–water partition coefficient (Wildman–Crippen LogP) is 5.34. The van der Waals surface area contributed by atoms with Gasteiger partial charge in [-0.15, -0.1) is 5.10 Å². The Morgan fingerprint density at radius 2 is 1.45 bits per heavy atom. The van der Waals surface area contributed by atoms with Gasteiger partial charge < -0.3 is 10.2 Å². The van der Waals surface area contributed by atoms with E-state index in [2.05, 4.69) is 78.4 Å². The molecule has 5 heteroatoms. The normalized spacial score (nSPS) is 13.4. The Labute approximate surface area is 170 Å². The van der Waals surface area contributed by atoms with Crippen molar-refractivity contribution in [3.63, 3.8) is 0 Å². The molecule has 2 heterocycles. The molecule has 0 amide bonds. The Hall–Kier alpha value is -3.47. The molecule has 4 aromatic rings. The lowest BCUT2D eigenvalue weighted by molar-refractivity contribution is 0.405. The molecular weight excluding hydrogens is 360 g/mol. The highest BCUT2D eigenvalue weighted by molar-refractivity contribution is 5.63. The van der Waals surface area contributed by atoms with E-state index < -0.39 is 0 Å². The Bertz CT molecular complexity index is 1090. The van der Waals surface area contributed by atoms with E-state index in [-0.39, 0.29) is 11.4 Å². The molecule has 2 aromatic carbocycles. The van der Waals surface area contributed by atoms with E-state index in [0.29, 0.717) is 11.8 Å². The molecule has 0 aliphatic carbocycles. The number of anilines is 1. The Balaban J connectivity index is 1.69. The van der Waals surface area contributed by atoms with Gasteiger partial charge in [-0.3, -0.25) is 4.98 Å². The third kappa shape index (κ3) is 3.51. The molecule has 146 valence electrons. The third-order valence-electron chi connectivity index (χ3n) is 5.81. The van der Waals surface area contributed by atoms with Crippen LogP contribution in [0.15, 0.2) is 77.5 Å². The van der Waals surface area contributed by atoms with Crippen LogP contribution in [0, 0.1) is 5.92 Å². The van der Waals surface area contributed by atoms with Gasteiger partial charge in [-0.2, -0.15) is 0 Å². The summed E-state index contributed by atoms with van der Waals surface area (Å²) in [4.78, 5) is 4.22. The Kier molecular flexibility index (Phi) is 4.89. The number of nitrogens with zero attached hydrogens (tertiary/aromatic N) is 3. The molecule has 29 heavy (non-hydrogen) atoms. The standard InChI is InChI=1S/C24H24N4O/c1-16(2)24(3,20-10-6-17(7-11-20)19-5-4-14-26-15-19)21-12-8-18(9-13-21)22-27-28-23(25)29-22/h4-16H,1-3H3,(H2,25,28). The summed E-state index contributed by atoms with van der Waals surface area (Å²) in [5, 5.41) is 7.69. The van der Waals surface area contributed by atoms with E-state index in [0.717, 1.165) is 16.7 Å². The molecular formula is C24H24N4O. The van der Waals surface area contributed by atoms with Crippen LogP contribution in [-0.2, 0) is 5.41 Å². The average molecular weight is 384 g/mol. The smallest absolute Gasteiger partial charge is 0.313 e. The van der Waals surface area contributed by atoms with Gasteiger partial charge in [0, 0.05) is 23.4 Å². The molecule has 0 radical (unpaired) electrons. The average Bonchev–Trinajstić information content (AvgIpc) is 3.20. The second-order valence-corrected chi connectivity index (χ2v) is 7.70. The molecule has 0 spiro atoms. The molecule has 2 aromatic heterocycles. The molecule has 0 saturated heterocycles. The summed E-state index contributed by atoms with van der Waals surface area (Å²) < 4.78 is 5.33. The zero-order chi connectivity index (χ0) is 20.4. The van der Waals surface area contributed by atoms with E-state index in [4.69, 9.17) is 10.2 Å². The van der Waals surface area contributed by atoms with Crippen molar-refractivity contribution >= 4 is 6.01 Å². The summed E-state index contributed by atoms with van der Waals surface area (Å²) in [5.41, 5.74) is 11.0. The highest BCUT2D eigenvalue weighted by atomic mass is 16.4. The van der Waals surface area contributed by atoms with Gasteiger partial charge in [-0.1, -0.05) is 68.3 Å². The maximum Gasteiger partial charge on any atom is 0.313 e. The zero-order valence-corrected chi connectivity index (χ0v) is 16.8. The van der Waals surface area contributed by atoms with Gasteiger partial charge in [-0.05, 0) is 46.4 Å². The Morgan fingerprint density at radius 3 is 1.93 bits per heavy atom. The number of nitrogen functional groups attached to an aromatic ring is 1. The number of benzene rings is 2. The van der Waals surface area contributed by atoms with Crippen molar-refractivity contribution in [2.75, 3.05) is 5.73 Å². The quantitative estimate of drug-likeness (QED) is 0.502. The van der Waals surface area contributed by atoms with Crippen LogP contribution >= 0.6 is 0 Å². The van der Waals surface area contributed by atoms with Crippen molar-refractivity contribution in [1.82, 2.24) is 15.2 Å². The summed E-state index contributed by atoms with van der Waals surface area (Å²) in [6, 6.07) is 21.2. The second-order valence-electron chi connectivity index (χ2n) is 7.70. The highest BCUT2D eigenvalue weighted by Crippen LogP contribution is 2.40. The van der Waals surface area contributed by atoms with Crippen LogP contribution in [0.2, 0.25) is 0 Å². The zero-order valence-electron chi connectivity index (χ0n) is 16.8. The van der Waals surface area contributed by atoms with Crippen LogP contribution in [0.1, 0.15) is 31.9 Å². The molecule has 0 aliphatic rings. The first-order valence-electron chi connectivity index (χ1n) is 9.69. The fourth-order valence-electron chi connectivity index (χ4n) is 3.69. The Morgan fingerprint density at radius 1 is 0.828 bits per heavy atom. The molecule has 0 saturated carbocycles. The number of hydrogen-bond donors (Lipinski definition) is 1. The summed E-state index contributed by atoms with van der Waals surface area (Å²) >= 11 is 0. The number of pyridine rings is 1. The van der Waals surface area contributed by atoms with E-state index in [1.807, 2.05) is 24.4 Å². The van der Waals surface area contributed by atoms with Crippen molar-refractivity contribution in [2.24, 2.45) is 5.92 Å². The van der Waals surface area contributed by atoms with E-state index >= 15 is 0 Å². The lowest BCUT2D eigenvalue weighted by Crippen LogP contribution is -2.30. The summed E-state index contributed by atoms with van der Waals surface area (Å²) in [5.74, 6) is 0.831. The molecule has 5 nitrogen and oxygen atoms in total. The van der Waals surface area contributed by atoms with Crippen LogP contribution in [0.25, 0.3) is 22.6 Å². The molecule has 2 N–H and O–H groups in total. The molecule has 1 unspecified atom stereocenters. The van der Waals surface area contributed by atoms with Gasteiger partial charge in [0.15, 0.2) is 0 Å². The van der Waals surface area contributed by atoms with Crippen molar-refractivity contribution in [3.05, 3.63) is 84.2 Å². The summed E-state index contributed by atoms with van der Waals surface area (Å²) in [6.07, 6.45) is 3.68. The number of hydrogen-bond acceptors (Lipinski definition) is 5. The lowest BCUT2D eigenvalue weighted by atomic mass is 9.68. The van der Waals surface area contributed by atoms with Crippen molar-refractivity contribution in [1.29, 1.82) is 0 Å². The summed E-state index contributed by atoms with van der Waals surface area (Å²) in [6.45, 7) is 6.79. The van der Waals surface area contributed by atoms with E-state index in [9.17, 15) is 0 Å². The molecule has 1 atom stereocenters. The third-order valence-corrected chi connectivity index (χ3v) is 5.81. The minimum absolute atomic E-state index is 0.0739. The second kappa shape index (κ2) is 7.51. The first-order valence-corrected chi connectivity index (χ1v) is 9.69. The van der Waals surface area contributed by atoms with Crippen molar-refractivity contribution in [3.8, 4) is 22.6 Å². The van der Waals surface area contributed by atoms with Crippen LogP contribution in [0.5, 0.6) is 0 Å². The van der Waals surface area contributed by atoms with E-state index in [1.165, 1.54) is 11.1 Å². The van der Waals surface area contributed by atoms with Crippen molar-refractivity contribution < 1.29 is 4.42 Å². The van der Waals surface area contributed by atoms with Crippen LogP contribution in [-0.4, -0.2) is 15.2 Å². The largest absolute Gasteiger partial charge is 0.404 e. The van der Waals surface area contributed by atoms with Gasteiger partial charge in [0.05, 0.1) is 0 Å².